The number of rotatable bonds is 6. The summed E-state index contributed by atoms with van der Waals surface area (Å²) in [5.41, 5.74) is 2.46. The molecule has 0 spiro atoms. The molecular formula is C21H23ClN6. The zero-order chi connectivity index (χ0) is 19.2. The van der Waals surface area contributed by atoms with Gasteiger partial charge in [0, 0.05) is 43.4 Å². The van der Waals surface area contributed by atoms with Gasteiger partial charge in [0.2, 0.25) is 5.95 Å². The van der Waals surface area contributed by atoms with Gasteiger partial charge in [0.15, 0.2) is 5.82 Å². The van der Waals surface area contributed by atoms with Crippen LogP contribution in [0.2, 0.25) is 5.02 Å². The van der Waals surface area contributed by atoms with E-state index in [9.17, 15) is 0 Å². The van der Waals surface area contributed by atoms with Gasteiger partial charge in [0.05, 0.1) is 6.20 Å². The zero-order valence-electron chi connectivity index (χ0n) is 15.6. The Balaban J connectivity index is 1.31. The van der Waals surface area contributed by atoms with Gasteiger partial charge in [-0.15, -0.1) is 5.10 Å². The number of nitrogens with one attached hydrogen (secondary N) is 1. The zero-order valence-corrected chi connectivity index (χ0v) is 16.4. The summed E-state index contributed by atoms with van der Waals surface area (Å²) in [6.45, 7) is 4.41. The monoisotopic (exact) mass is 394 g/mol. The number of benzene rings is 2. The van der Waals surface area contributed by atoms with Crippen LogP contribution in [0.15, 0.2) is 60.8 Å². The molecule has 1 aliphatic rings. The number of aromatic nitrogens is 3. The second-order valence-corrected chi connectivity index (χ2v) is 7.19. The average molecular weight is 395 g/mol. The van der Waals surface area contributed by atoms with E-state index in [1.807, 2.05) is 24.3 Å². The summed E-state index contributed by atoms with van der Waals surface area (Å²) in [6, 6.07) is 18.4. The summed E-state index contributed by atoms with van der Waals surface area (Å²) in [6.07, 6.45) is 2.54. The van der Waals surface area contributed by atoms with Crippen molar-refractivity contribution in [1.82, 2.24) is 15.2 Å². The molecule has 1 N–H and O–H groups in total. The molecule has 0 amide bonds. The lowest BCUT2D eigenvalue weighted by molar-refractivity contribution is 0.635. The normalized spacial score (nSPS) is 14.2. The van der Waals surface area contributed by atoms with E-state index >= 15 is 0 Å². The summed E-state index contributed by atoms with van der Waals surface area (Å²) < 4.78 is 0. The molecule has 2 aromatic carbocycles. The number of nitrogens with zero attached hydrogens (tertiary/aromatic N) is 5. The van der Waals surface area contributed by atoms with Gasteiger partial charge >= 0.3 is 0 Å². The number of halogens is 1. The Morgan fingerprint density at radius 1 is 0.929 bits per heavy atom. The Bertz CT molecular complexity index is 896. The maximum Gasteiger partial charge on any atom is 0.247 e. The highest BCUT2D eigenvalue weighted by molar-refractivity contribution is 6.30. The molecule has 1 aliphatic heterocycles. The number of piperazine rings is 1. The SMILES string of the molecule is Clc1cccc(CCNc2cnnc(N3CCN(c4ccccc4)CC3)n2)c1. The van der Waals surface area contributed by atoms with Gasteiger partial charge in [-0.05, 0) is 36.2 Å². The van der Waals surface area contributed by atoms with Crippen LogP contribution in [-0.4, -0.2) is 47.9 Å². The highest BCUT2D eigenvalue weighted by Crippen LogP contribution is 2.18. The van der Waals surface area contributed by atoms with Gasteiger partial charge in [0.25, 0.3) is 0 Å². The van der Waals surface area contributed by atoms with E-state index < -0.39 is 0 Å². The minimum absolute atomic E-state index is 0.681. The summed E-state index contributed by atoms with van der Waals surface area (Å²) in [5.74, 6) is 1.43. The topological polar surface area (TPSA) is 57.2 Å². The smallest absolute Gasteiger partial charge is 0.247 e. The molecule has 0 bridgehead atoms. The summed E-state index contributed by atoms with van der Waals surface area (Å²) >= 11 is 6.04. The van der Waals surface area contributed by atoms with Crippen molar-refractivity contribution in [2.75, 3.05) is 47.8 Å². The van der Waals surface area contributed by atoms with Crippen LogP contribution in [0.4, 0.5) is 17.5 Å². The summed E-state index contributed by atoms with van der Waals surface area (Å²) in [4.78, 5) is 9.21. The molecule has 0 saturated carbocycles. The van der Waals surface area contributed by atoms with Crippen molar-refractivity contribution < 1.29 is 0 Å². The fraction of sp³-hybridized carbons (Fsp3) is 0.286. The van der Waals surface area contributed by atoms with Crippen molar-refractivity contribution in [3.05, 3.63) is 71.4 Å². The van der Waals surface area contributed by atoms with Crippen LogP contribution in [0.25, 0.3) is 0 Å². The van der Waals surface area contributed by atoms with Gasteiger partial charge in [-0.1, -0.05) is 41.9 Å². The second kappa shape index (κ2) is 8.89. The van der Waals surface area contributed by atoms with Crippen LogP contribution >= 0.6 is 11.6 Å². The predicted molar refractivity (Wildman–Crippen MR) is 114 cm³/mol. The molecule has 28 heavy (non-hydrogen) atoms. The average Bonchev–Trinajstić information content (AvgIpc) is 2.75. The highest BCUT2D eigenvalue weighted by Gasteiger charge is 2.19. The third-order valence-electron chi connectivity index (χ3n) is 4.84. The Morgan fingerprint density at radius 3 is 2.50 bits per heavy atom. The van der Waals surface area contributed by atoms with Crippen LogP contribution in [0.3, 0.4) is 0 Å². The second-order valence-electron chi connectivity index (χ2n) is 6.76. The third-order valence-corrected chi connectivity index (χ3v) is 5.08. The van der Waals surface area contributed by atoms with E-state index in [1.165, 1.54) is 11.3 Å². The molecule has 0 aliphatic carbocycles. The number of hydrogen-bond donors (Lipinski definition) is 1. The fourth-order valence-electron chi connectivity index (χ4n) is 3.34. The third kappa shape index (κ3) is 4.70. The van der Waals surface area contributed by atoms with Crippen LogP contribution in [0, 0.1) is 0 Å². The molecular weight excluding hydrogens is 372 g/mol. The van der Waals surface area contributed by atoms with E-state index in [4.69, 9.17) is 11.6 Å². The molecule has 1 saturated heterocycles. The van der Waals surface area contributed by atoms with Crippen molar-refractivity contribution in [3.63, 3.8) is 0 Å². The minimum Gasteiger partial charge on any atom is -0.368 e. The molecule has 0 radical (unpaired) electrons. The Labute approximate surface area is 170 Å². The van der Waals surface area contributed by atoms with E-state index in [2.05, 4.69) is 60.6 Å². The van der Waals surface area contributed by atoms with Gasteiger partial charge in [-0.2, -0.15) is 10.1 Å². The Hall–Kier alpha value is -2.86. The quantitative estimate of drug-likeness (QED) is 0.690. The molecule has 1 fully saturated rings. The van der Waals surface area contributed by atoms with Crippen molar-refractivity contribution in [2.24, 2.45) is 0 Å². The van der Waals surface area contributed by atoms with Crippen LogP contribution < -0.4 is 15.1 Å². The summed E-state index contributed by atoms with van der Waals surface area (Å²) in [7, 11) is 0. The first-order valence-corrected chi connectivity index (χ1v) is 9.89. The molecule has 6 nitrogen and oxygen atoms in total. The van der Waals surface area contributed by atoms with Gasteiger partial charge in [-0.25, -0.2) is 0 Å². The van der Waals surface area contributed by atoms with Gasteiger partial charge in [-0.3, -0.25) is 0 Å². The molecule has 0 atom stereocenters. The van der Waals surface area contributed by atoms with E-state index in [0.717, 1.165) is 50.0 Å². The first-order valence-electron chi connectivity index (χ1n) is 9.51. The lowest BCUT2D eigenvalue weighted by Gasteiger charge is -2.35. The number of hydrogen-bond acceptors (Lipinski definition) is 6. The van der Waals surface area contributed by atoms with Crippen LogP contribution in [0.5, 0.6) is 0 Å². The molecule has 4 rings (SSSR count). The minimum atomic E-state index is 0.681. The van der Waals surface area contributed by atoms with Crippen molar-refractivity contribution >= 4 is 29.1 Å². The van der Waals surface area contributed by atoms with Crippen LogP contribution in [-0.2, 0) is 6.42 Å². The van der Waals surface area contributed by atoms with Crippen molar-refractivity contribution in [1.29, 1.82) is 0 Å². The van der Waals surface area contributed by atoms with E-state index in [-0.39, 0.29) is 0 Å². The largest absolute Gasteiger partial charge is 0.368 e. The standard InChI is InChI=1S/C21H23ClN6/c22-18-6-4-5-17(15-18)9-10-23-20-16-24-26-21(25-20)28-13-11-27(12-14-28)19-7-2-1-3-8-19/h1-8,15-16H,9-14H2,(H,23,25,26). The highest BCUT2D eigenvalue weighted by atomic mass is 35.5. The van der Waals surface area contributed by atoms with Gasteiger partial charge in [0.1, 0.15) is 0 Å². The first-order chi connectivity index (χ1) is 13.8. The first kappa shape index (κ1) is 18.5. The molecule has 7 heteroatoms. The lowest BCUT2D eigenvalue weighted by atomic mass is 10.1. The van der Waals surface area contributed by atoms with Crippen molar-refractivity contribution in [3.8, 4) is 0 Å². The Morgan fingerprint density at radius 2 is 1.71 bits per heavy atom. The molecule has 0 unspecified atom stereocenters. The van der Waals surface area contributed by atoms with Crippen LogP contribution in [0.1, 0.15) is 5.56 Å². The molecule has 1 aromatic heterocycles. The molecule has 2 heterocycles. The number of para-hydroxylation sites is 1. The molecule has 3 aromatic rings. The maximum absolute atomic E-state index is 6.04. The lowest BCUT2D eigenvalue weighted by Crippen LogP contribution is -2.47. The van der Waals surface area contributed by atoms with E-state index in [0.29, 0.717) is 5.95 Å². The van der Waals surface area contributed by atoms with E-state index in [1.54, 1.807) is 6.20 Å². The predicted octanol–water partition coefficient (Wildman–Crippen LogP) is 3.51. The van der Waals surface area contributed by atoms with Crippen molar-refractivity contribution in [2.45, 2.75) is 6.42 Å². The fourth-order valence-corrected chi connectivity index (χ4v) is 3.56. The number of anilines is 3. The van der Waals surface area contributed by atoms with Gasteiger partial charge < -0.3 is 15.1 Å². The molecule has 144 valence electrons. The Kier molecular flexibility index (Phi) is 5.87. The maximum atomic E-state index is 6.04. The summed E-state index contributed by atoms with van der Waals surface area (Å²) in [5, 5.41) is 12.4.